The number of thiocarbonyl (C=S) groups is 1. The van der Waals surface area contributed by atoms with Crippen LogP contribution in [0.2, 0.25) is 0 Å². The lowest BCUT2D eigenvalue weighted by molar-refractivity contribution is 0.252. The smallest absolute Gasteiger partial charge is 0.0727 e. The third kappa shape index (κ3) is 4.74. The van der Waals surface area contributed by atoms with Crippen molar-refractivity contribution in [2.24, 2.45) is 5.73 Å². The fourth-order valence-corrected chi connectivity index (χ4v) is 2.92. The molecule has 0 spiro atoms. The van der Waals surface area contributed by atoms with E-state index in [1.807, 2.05) is 11.3 Å². The summed E-state index contributed by atoms with van der Waals surface area (Å²) in [4.78, 5) is 4.75. The van der Waals surface area contributed by atoms with E-state index in [1.165, 1.54) is 30.7 Å². The third-order valence-electron chi connectivity index (χ3n) is 3.12. The number of nitrogens with two attached hydrogens (primary N) is 1. The van der Waals surface area contributed by atoms with Gasteiger partial charge in [0.1, 0.15) is 0 Å². The van der Waals surface area contributed by atoms with Gasteiger partial charge in [-0.3, -0.25) is 4.90 Å². The molecule has 2 rings (SSSR count). The summed E-state index contributed by atoms with van der Waals surface area (Å²) in [6.07, 6.45) is 5.98. The number of unbranched alkanes of at least 4 members (excludes halogenated alkanes) is 1. The molecule has 1 aliphatic carbocycles. The second-order valence-electron chi connectivity index (χ2n) is 4.70. The van der Waals surface area contributed by atoms with Crippen LogP contribution in [0, 0.1) is 0 Å². The Labute approximate surface area is 113 Å². The van der Waals surface area contributed by atoms with Gasteiger partial charge < -0.3 is 5.73 Å². The first-order chi connectivity index (χ1) is 8.25. The summed E-state index contributed by atoms with van der Waals surface area (Å²) in [6, 6.07) is 5.20. The molecule has 0 amide bonds. The minimum absolute atomic E-state index is 0.654. The summed E-state index contributed by atoms with van der Waals surface area (Å²) in [7, 11) is 0. The van der Waals surface area contributed by atoms with Crippen molar-refractivity contribution in [1.82, 2.24) is 4.90 Å². The van der Waals surface area contributed by atoms with Gasteiger partial charge in [-0.1, -0.05) is 18.3 Å². The van der Waals surface area contributed by atoms with Gasteiger partial charge in [-0.15, -0.1) is 11.3 Å². The zero-order chi connectivity index (χ0) is 12.1. The van der Waals surface area contributed by atoms with Crippen LogP contribution in [0.5, 0.6) is 0 Å². The molecule has 2 nitrogen and oxygen atoms in total. The van der Waals surface area contributed by atoms with Crippen molar-refractivity contribution >= 4 is 28.5 Å². The molecular formula is C13H20N2S2. The zero-order valence-electron chi connectivity index (χ0n) is 10.1. The number of hydrogen-bond donors (Lipinski definition) is 1. The van der Waals surface area contributed by atoms with Crippen molar-refractivity contribution in [2.75, 3.05) is 6.54 Å². The summed E-state index contributed by atoms with van der Waals surface area (Å²) in [6.45, 7) is 2.31. The molecule has 17 heavy (non-hydrogen) atoms. The minimum atomic E-state index is 0.654. The molecule has 1 fully saturated rings. The van der Waals surface area contributed by atoms with Gasteiger partial charge in [0.15, 0.2) is 0 Å². The van der Waals surface area contributed by atoms with Crippen molar-refractivity contribution in [1.29, 1.82) is 0 Å². The lowest BCUT2D eigenvalue weighted by Crippen LogP contribution is -2.26. The molecule has 0 unspecified atom stereocenters. The van der Waals surface area contributed by atoms with Crippen LogP contribution < -0.4 is 5.73 Å². The molecule has 0 aliphatic heterocycles. The summed E-state index contributed by atoms with van der Waals surface area (Å²) in [5.41, 5.74) is 5.51. The fraction of sp³-hybridized carbons (Fsp3) is 0.615. The van der Waals surface area contributed by atoms with Crippen LogP contribution in [-0.4, -0.2) is 22.5 Å². The van der Waals surface area contributed by atoms with Crippen LogP contribution in [0.4, 0.5) is 0 Å². The normalized spacial score (nSPS) is 15.4. The molecule has 1 aromatic heterocycles. The van der Waals surface area contributed by atoms with Crippen molar-refractivity contribution < 1.29 is 0 Å². The lowest BCUT2D eigenvalue weighted by atomic mass is 10.2. The number of rotatable bonds is 8. The molecule has 0 aromatic carbocycles. The lowest BCUT2D eigenvalue weighted by Gasteiger charge is -2.21. The Morgan fingerprint density at radius 1 is 1.47 bits per heavy atom. The van der Waals surface area contributed by atoms with Crippen molar-refractivity contribution in [3.05, 3.63) is 22.4 Å². The van der Waals surface area contributed by atoms with Gasteiger partial charge in [0.2, 0.25) is 0 Å². The standard InChI is InChI=1S/C13H20N2S2/c14-13(16)5-1-2-8-15(11-6-7-11)10-12-4-3-9-17-12/h3-4,9,11H,1-2,5-8,10H2,(H2,14,16). The fourth-order valence-electron chi connectivity index (χ4n) is 2.05. The van der Waals surface area contributed by atoms with Crippen molar-refractivity contribution in [2.45, 2.75) is 44.7 Å². The van der Waals surface area contributed by atoms with E-state index in [0.717, 1.165) is 25.4 Å². The zero-order valence-corrected chi connectivity index (χ0v) is 11.7. The second-order valence-corrected chi connectivity index (χ2v) is 6.26. The van der Waals surface area contributed by atoms with E-state index in [9.17, 15) is 0 Å². The van der Waals surface area contributed by atoms with Gasteiger partial charge in [0, 0.05) is 17.5 Å². The maximum Gasteiger partial charge on any atom is 0.0727 e. The number of thiophene rings is 1. The van der Waals surface area contributed by atoms with Crippen LogP contribution in [-0.2, 0) is 6.54 Å². The molecule has 1 heterocycles. The molecule has 0 bridgehead atoms. The predicted molar refractivity (Wildman–Crippen MR) is 78.4 cm³/mol. The van der Waals surface area contributed by atoms with E-state index in [1.54, 1.807) is 0 Å². The van der Waals surface area contributed by atoms with Crippen LogP contribution in [0.3, 0.4) is 0 Å². The largest absolute Gasteiger partial charge is 0.393 e. The van der Waals surface area contributed by atoms with E-state index in [0.29, 0.717) is 4.99 Å². The molecular weight excluding hydrogens is 248 g/mol. The Bertz CT molecular complexity index is 344. The van der Waals surface area contributed by atoms with Gasteiger partial charge in [0.25, 0.3) is 0 Å². The van der Waals surface area contributed by atoms with Gasteiger partial charge in [-0.2, -0.15) is 0 Å². The van der Waals surface area contributed by atoms with Crippen LogP contribution in [0.1, 0.15) is 37.0 Å². The topological polar surface area (TPSA) is 29.3 Å². The van der Waals surface area contributed by atoms with E-state index in [4.69, 9.17) is 18.0 Å². The highest BCUT2D eigenvalue weighted by Gasteiger charge is 2.28. The molecule has 1 aliphatic rings. The second kappa shape index (κ2) is 6.47. The number of hydrogen-bond acceptors (Lipinski definition) is 3. The molecule has 1 saturated carbocycles. The highest BCUT2D eigenvalue weighted by atomic mass is 32.1. The summed E-state index contributed by atoms with van der Waals surface area (Å²) >= 11 is 6.76. The van der Waals surface area contributed by atoms with Crippen LogP contribution in [0.15, 0.2) is 17.5 Å². The first kappa shape index (κ1) is 13.0. The highest BCUT2D eigenvalue weighted by molar-refractivity contribution is 7.80. The molecule has 0 saturated heterocycles. The molecule has 4 heteroatoms. The average Bonchev–Trinajstić information content (AvgIpc) is 3.01. The summed E-state index contributed by atoms with van der Waals surface area (Å²) < 4.78 is 0. The first-order valence-electron chi connectivity index (χ1n) is 6.30. The van der Waals surface area contributed by atoms with Gasteiger partial charge in [-0.25, -0.2) is 0 Å². The molecule has 0 atom stereocenters. The van der Waals surface area contributed by atoms with Gasteiger partial charge in [0.05, 0.1) is 4.99 Å². The van der Waals surface area contributed by atoms with Crippen LogP contribution >= 0.6 is 23.6 Å². The summed E-state index contributed by atoms with van der Waals surface area (Å²) in [5, 5.41) is 2.16. The SMILES string of the molecule is NC(=S)CCCCN(Cc1cccs1)C1CC1. The monoisotopic (exact) mass is 268 g/mol. The Kier molecular flexibility index (Phi) is 4.95. The molecule has 94 valence electrons. The quantitative estimate of drug-likeness (QED) is 0.580. The molecule has 2 N–H and O–H groups in total. The Hall–Kier alpha value is -0.450. The minimum Gasteiger partial charge on any atom is -0.393 e. The third-order valence-corrected chi connectivity index (χ3v) is 4.19. The average molecular weight is 268 g/mol. The Morgan fingerprint density at radius 3 is 2.88 bits per heavy atom. The first-order valence-corrected chi connectivity index (χ1v) is 7.59. The van der Waals surface area contributed by atoms with Crippen molar-refractivity contribution in [3.8, 4) is 0 Å². The maximum atomic E-state index is 5.51. The highest BCUT2D eigenvalue weighted by Crippen LogP contribution is 2.29. The Morgan fingerprint density at radius 2 is 2.29 bits per heavy atom. The molecule has 0 radical (unpaired) electrons. The van der Waals surface area contributed by atoms with E-state index < -0.39 is 0 Å². The Balaban J connectivity index is 1.72. The van der Waals surface area contributed by atoms with Gasteiger partial charge in [-0.05, 0) is 50.1 Å². The summed E-state index contributed by atoms with van der Waals surface area (Å²) in [5.74, 6) is 0. The number of nitrogens with zero attached hydrogens (tertiary/aromatic N) is 1. The molecule has 1 aromatic rings. The van der Waals surface area contributed by atoms with E-state index >= 15 is 0 Å². The maximum absolute atomic E-state index is 5.51. The van der Waals surface area contributed by atoms with Crippen molar-refractivity contribution in [3.63, 3.8) is 0 Å². The van der Waals surface area contributed by atoms with Crippen LogP contribution in [0.25, 0.3) is 0 Å². The van der Waals surface area contributed by atoms with E-state index in [-0.39, 0.29) is 0 Å². The van der Waals surface area contributed by atoms with E-state index in [2.05, 4.69) is 22.4 Å². The van der Waals surface area contributed by atoms with Gasteiger partial charge >= 0.3 is 0 Å². The predicted octanol–water partition coefficient (Wildman–Crippen LogP) is 3.17.